The molecule has 0 aliphatic rings. The van der Waals surface area contributed by atoms with E-state index in [1.54, 1.807) is 61.5 Å². The van der Waals surface area contributed by atoms with Gasteiger partial charge in [-0.3, -0.25) is 4.57 Å². The van der Waals surface area contributed by atoms with Crippen LogP contribution in [0.25, 0.3) is 27.4 Å². The number of aromatic carboxylic acids is 1. The van der Waals surface area contributed by atoms with Crippen LogP contribution in [0.1, 0.15) is 15.2 Å². The molecule has 0 fully saturated rings. The van der Waals surface area contributed by atoms with Crippen molar-refractivity contribution in [1.29, 1.82) is 0 Å². The SMILES string of the molecule is COc1cc2ncn(-c3nc(-c4cccc(CO)c4)c(C(=O)O)s3)c2cc1OC. The molecule has 0 bridgehead atoms. The maximum absolute atomic E-state index is 11.8. The Bertz CT molecular complexity index is 1210. The van der Waals surface area contributed by atoms with Crippen LogP contribution in [0.15, 0.2) is 42.7 Å². The Labute approximate surface area is 169 Å². The van der Waals surface area contributed by atoms with Crippen molar-refractivity contribution < 1.29 is 24.5 Å². The van der Waals surface area contributed by atoms with E-state index < -0.39 is 5.97 Å². The number of carbonyl (C=O) groups is 1. The molecule has 0 amide bonds. The van der Waals surface area contributed by atoms with Crippen LogP contribution >= 0.6 is 11.3 Å². The third-order valence-electron chi connectivity index (χ3n) is 4.45. The molecule has 9 heteroatoms. The van der Waals surface area contributed by atoms with Gasteiger partial charge >= 0.3 is 5.97 Å². The average molecular weight is 411 g/mol. The van der Waals surface area contributed by atoms with Gasteiger partial charge in [0.05, 0.1) is 37.6 Å². The number of hydrogen-bond donors (Lipinski definition) is 2. The van der Waals surface area contributed by atoms with Crippen molar-refractivity contribution in [3.05, 3.63) is 53.2 Å². The Hall–Kier alpha value is -3.43. The highest BCUT2D eigenvalue weighted by atomic mass is 32.1. The molecule has 148 valence electrons. The third kappa shape index (κ3) is 3.30. The van der Waals surface area contributed by atoms with Gasteiger partial charge in [-0.2, -0.15) is 0 Å². The highest BCUT2D eigenvalue weighted by Gasteiger charge is 2.21. The predicted octanol–water partition coefficient (Wildman–Crippen LogP) is 3.36. The first-order valence-electron chi connectivity index (χ1n) is 8.59. The van der Waals surface area contributed by atoms with Crippen molar-refractivity contribution in [3.8, 4) is 27.9 Å². The second-order valence-corrected chi connectivity index (χ2v) is 7.13. The topological polar surface area (TPSA) is 107 Å². The van der Waals surface area contributed by atoms with Gasteiger partial charge in [-0.1, -0.05) is 29.5 Å². The molecule has 0 saturated heterocycles. The number of aromatic nitrogens is 3. The van der Waals surface area contributed by atoms with Crippen LogP contribution in [0.3, 0.4) is 0 Å². The quantitative estimate of drug-likeness (QED) is 0.501. The van der Waals surface area contributed by atoms with Gasteiger partial charge < -0.3 is 19.7 Å². The highest BCUT2D eigenvalue weighted by molar-refractivity contribution is 7.16. The lowest BCUT2D eigenvalue weighted by Crippen LogP contribution is -1.96. The van der Waals surface area contributed by atoms with Crippen LogP contribution in [0, 0.1) is 0 Å². The number of nitrogens with zero attached hydrogens (tertiary/aromatic N) is 3. The maximum Gasteiger partial charge on any atom is 0.348 e. The van der Waals surface area contributed by atoms with Gasteiger partial charge in [-0.25, -0.2) is 14.8 Å². The van der Waals surface area contributed by atoms with Crippen molar-refractivity contribution in [2.24, 2.45) is 0 Å². The summed E-state index contributed by atoms with van der Waals surface area (Å²) in [6.45, 7) is -0.138. The van der Waals surface area contributed by atoms with Crippen molar-refractivity contribution in [3.63, 3.8) is 0 Å². The molecule has 2 aromatic heterocycles. The molecule has 8 nitrogen and oxygen atoms in total. The van der Waals surface area contributed by atoms with Crippen LogP contribution in [0.5, 0.6) is 11.5 Å². The summed E-state index contributed by atoms with van der Waals surface area (Å²) < 4.78 is 12.4. The Morgan fingerprint density at radius 3 is 2.62 bits per heavy atom. The fourth-order valence-electron chi connectivity index (χ4n) is 3.06. The summed E-state index contributed by atoms with van der Waals surface area (Å²) >= 11 is 1.05. The smallest absolute Gasteiger partial charge is 0.348 e. The number of carboxylic acids is 1. The van der Waals surface area contributed by atoms with Crippen LogP contribution < -0.4 is 9.47 Å². The van der Waals surface area contributed by atoms with Crippen LogP contribution in [0.4, 0.5) is 0 Å². The van der Waals surface area contributed by atoms with E-state index in [0.717, 1.165) is 11.3 Å². The minimum Gasteiger partial charge on any atom is -0.493 e. The zero-order valence-corrected chi connectivity index (χ0v) is 16.4. The van der Waals surface area contributed by atoms with Crippen molar-refractivity contribution in [1.82, 2.24) is 14.5 Å². The van der Waals surface area contributed by atoms with E-state index in [1.165, 1.54) is 0 Å². The molecule has 0 aliphatic carbocycles. The predicted molar refractivity (Wildman–Crippen MR) is 108 cm³/mol. The van der Waals surface area contributed by atoms with Crippen molar-refractivity contribution in [2.75, 3.05) is 14.2 Å². The molecule has 0 unspecified atom stereocenters. The minimum absolute atomic E-state index is 0.109. The van der Waals surface area contributed by atoms with Gasteiger partial charge in [0.2, 0.25) is 0 Å². The largest absolute Gasteiger partial charge is 0.493 e. The molecule has 2 heterocycles. The normalized spacial score (nSPS) is 11.0. The maximum atomic E-state index is 11.8. The number of carboxylic acid groups (broad SMARTS) is 1. The van der Waals surface area contributed by atoms with E-state index in [9.17, 15) is 15.0 Å². The van der Waals surface area contributed by atoms with Gasteiger partial charge in [-0.05, 0) is 11.6 Å². The number of methoxy groups -OCH3 is 2. The molecule has 0 atom stereocenters. The third-order valence-corrected chi connectivity index (χ3v) is 5.49. The number of hydrogen-bond acceptors (Lipinski definition) is 7. The summed E-state index contributed by atoms with van der Waals surface area (Å²) in [4.78, 5) is 20.9. The first-order chi connectivity index (χ1) is 14.0. The van der Waals surface area contributed by atoms with Crippen molar-refractivity contribution >= 4 is 28.3 Å². The van der Waals surface area contributed by atoms with E-state index in [2.05, 4.69) is 9.97 Å². The molecule has 2 aromatic carbocycles. The van der Waals surface area contributed by atoms with Crippen LogP contribution in [-0.2, 0) is 6.61 Å². The number of thiazole rings is 1. The fourth-order valence-corrected chi connectivity index (χ4v) is 3.97. The molecule has 0 radical (unpaired) electrons. The van der Waals surface area contributed by atoms with Crippen molar-refractivity contribution in [2.45, 2.75) is 6.61 Å². The van der Waals surface area contributed by atoms with Gasteiger partial charge in [0.25, 0.3) is 0 Å². The second kappa shape index (κ2) is 7.53. The van der Waals surface area contributed by atoms with Crippen LogP contribution in [-0.4, -0.2) is 44.9 Å². The number of aliphatic hydroxyl groups is 1. The highest BCUT2D eigenvalue weighted by Crippen LogP contribution is 2.35. The Morgan fingerprint density at radius 2 is 1.93 bits per heavy atom. The number of ether oxygens (including phenoxy) is 2. The van der Waals surface area contributed by atoms with E-state index in [-0.39, 0.29) is 11.5 Å². The lowest BCUT2D eigenvalue weighted by Gasteiger charge is -2.07. The number of aliphatic hydroxyl groups excluding tert-OH is 1. The summed E-state index contributed by atoms with van der Waals surface area (Å²) in [5.41, 5.74) is 3.02. The molecule has 0 spiro atoms. The second-order valence-electron chi connectivity index (χ2n) is 6.15. The molecule has 4 aromatic rings. The van der Waals surface area contributed by atoms with E-state index >= 15 is 0 Å². The molecular weight excluding hydrogens is 394 g/mol. The lowest BCUT2D eigenvalue weighted by molar-refractivity contribution is 0.0702. The molecule has 2 N–H and O–H groups in total. The fraction of sp³-hybridized carbons (Fsp3) is 0.150. The molecular formula is C20H17N3O5S. The Kier molecular flexibility index (Phi) is 4.91. The summed E-state index contributed by atoms with van der Waals surface area (Å²) in [5.74, 6) is 0.0200. The van der Waals surface area contributed by atoms with E-state index in [0.29, 0.717) is 44.5 Å². The molecule has 0 aliphatic heterocycles. The Morgan fingerprint density at radius 1 is 1.17 bits per heavy atom. The van der Waals surface area contributed by atoms with Gasteiger partial charge in [0.15, 0.2) is 16.6 Å². The molecule has 4 rings (SSSR count). The number of fused-ring (bicyclic) bond motifs is 1. The minimum atomic E-state index is -1.07. The number of benzene rings is 2. The first-order valence-corrected chi connectivity index (χ1v) is 9.41. The average Bonchev–Trinajstić information content (AvgIpc) is 3.36. The van der Waals surface area contributed by atoms with Gasteiger partial charge in [0, 0.05) is 17.7 Å². The molecule has 29 heavy (non-hydrogen) atoms. The number of imidazole rings is 1. The van der Waals surface area contributed by atoms with E-state index in [4.69, 9.17) is 9.47 Å². The summed E-state index contributed by atoms with van der Waals surface area (Å²) in [7, 11) is 3.09. The zero-order chi connectivity index (χ0) is 20.5. The summed E-state index contributed by atoms with van der Waals surface area (Å²) in [6, 6.07) is 10.5. The summed E-state index contributed by atoms with van der Waals surface area (Å²) in [6.07, 6.45) is 1.59. The molecule has 0 saturated carbocycles. The number of rotatable bonds is 6. The summed E-state index contributed by atoms with van der Waals surface area (Å²) in [5, 5.41) is 19.5. The first kappa shape index (κ1) is 18.9. The Balaban J connectivity index is 1.89. The van der Waals surface area contributed by atoms with Crippen LogP contribution in [0.2, 0.25) is 0 Å². The standard InChI is InChI=1S/C20H17N3O5S/c1-27-15-7-13-14(8-16(15)28-2)23(10-21-13)20-22-17(18(29-20)19(25)26)12-5-3-4-11(6-12)9-24/h3-8,10,24H,9H2,1-2H3,(H,25,26). The van der Waals surface area contributed by atoms with E-state index in [1.807, 2.05) is 0 Å². The lowest BCUT2D eigenvalue weighted by atomic mass is 10.1. The monoisotopic (exact) mass is 411 g/mol. The zero-order valence-electron chi connectivity index (χ0n) is 15.6. The van der Waals surface area contributed by atoms with Gasteiger partial charge in [0.1, 0.15) is 11.2 Å². The van der Waals surface area contributed by atoms with Gasteiger partial charge in [-0.15, -0.1) is 0 Å².